The Kier molecular flexibility index (Phi) is 3.39. The molecule has 0 aliphatic rings. The number of nitrogen functional groups attached to an aromatic ring is 1. The molecule has 0 unspecified atom stereocenters. The van der Waals surface area contributed by atoms with Gasteiger partial charge in [0.05, 0.1) is 22.0 Å². The highest BCUT2D eigenvalue weighted by atomic mass is 127. The molecule has 5 nitrogen and oxygen atoms in total. The minimum atomic E-state index is -0.0542. The molecule has 3 rings (SSSR count). The molecule has 2 N–H and O–H groups in total. The second-order valence-electron chi connectivity index (χ2n) is 4.39. The summed E-state index contributed by atoms with van der Waals surface area (Å²) < 4.78 is 2.17. The van der Waals surface area contributed by atoms with Crippen molar-refractivity contribution in [2.45, 2.75) is 6.54 Å². The summed E-state index contributed by atoms with van der Waals surface area (Å²) in [6.07, 6.45) is 4.81. The SMILES string of the molecule is Nc1ccc(Cn2cncc(I)c2=O)c2ncccc12. The number of halogens is 1. The van der Waals surface area contributed by atoms with Crippen LogP contribution in [-0.4, -0.2) is 14.5 Å². The Labute approximate surface area is 128 Å². The van der Waals surface area contributed by atoms with Crippen molar-refractivity contribution in [3.05, 3.63) is 62.5 Å². The number of aromatic nitrogens is 3. The molecular weight excluding hydrogens is 367 g/mol. The third-order valence-corrected chi connectivity index (χ3v) is 3.83. The van der Waals surface area contributed by atoms with Gasteiger partial charge in [-0.1, -0.05) is 6.07 Å². The van der Waals surface area contributed by atoms with Crippen LogP contribution in [0.2, 0.25) is 0 Å². The van der Waals surface area contributed by atoms with Crippen molar-refractivity contribution in [3.63, 3.8) is 0 Å². The largest absolute Gasteiger partial charge is 0.398 e. The zero-order valence-electron chi connectivity index (χ0n) is 10.5. The number of nitrogens with two attached hydrogens (primary N) is 1. The molecule has 0 radical (unpaired) electrons. The second kappa shape index (κ2) is 5.20. The molecule has 0 atom stereocenters. The van der Waals surface area contributed by atoms with Gasteiger partial charge in [-0.15, -0.1) is 0 Å². The first-order valence-electron chi connectivity index (χ1n) is 5.99. The molecule has 0 fully saturated rings. The van der Waals surface area contributed by atoms with Crippen molar-refractivity contribution >= 4 is 39.2 Å². The number of anilines is 1. The molecule has 100 valence electrons. The first-order chi connectivity index (χ1) is 9.66. The van der Waals surface area contributed by atoms with E-state index >= 15 is 0 Å². The molecule has 0 spiro atoms. The maximum absolute atomic E-state index is 12.0. The molecule has 3 aromatic rings. The predicted octanol–water partition coefficient (Wildman–Crippen LogP) is 2.03. The van der Waals surface area contributed by atoms with E-state index in [4.69, 9.17) is 5.73 Å². The van der Waals surface area contributed by atoms with Gasteiger partial charge in [-0.25, -0.2) is 4.98 Å². The van der Waals surface area contributed by atoms with Crippen LogP contribution in [0.25, 0.3) is 10.9 Å². The zero-order valence-corrected chi connectivity index (χ0v) is 12.6. The summed E-state index contributed by atoms with van der Waals surface area (Å²) in [7, 11) is 0. The number of hydrogen-bond donors (Lipinski definition) is 1. The second-order valence-corrected chi connectivity index (χ2v) is 5.55. The Morgan fingerprint density at radius 1 is 1.30 bits per heavy atom. The van der Waals surface area contributed by atoms with Crippen LogP contribution in [-0.2, 0) is 6.54 Å². The van der Waals surface area contributed by atoms with E-state index in [1.807, 2.05) is 46.9 Å². The maximum atomic E-state index is 12.0. The fraction of sp³-hybridized carbons (Fsp3) is 0.0714. The summed E-state index contributed by atoms with van der Waals surface area (Å²) in [5, 5.41) is 0.900. The average Bonchev–Trinajstić information content (AvgIpc) is 2.47. The summed E-state index contributed by atoms with van der Waals surface area (Å²) in [6.45, 7) is 0.427. The maximum Gasteiger partial charge on any atom is 0.267 e. The lowest BCUT2D eigenvalue weighted by atomic mass is 10.1. The number of pyridine rings is 1. The van der Waals surface area contributed by atoms with Crippen LogP contribution in [0.3, 0.4) is 0 Å². The summed E-state index contributed by atoms with van der Waals surface area (Å²) in [5.74, 6) is 0. The highest BCUT2D eigenvalue weighted by Gasteiger charge is 2.07. The Morgan fingerprint density at radius 3 is 3.00 bits per heavy atom. The molecule has 20 heavy (non-hydrogen) atoms. The standard InChI is InChI=1S/C14H11IN4O/c15-11-6-17-8-19(14(11)20)7-9-3-4-12(16)10-2-1-5-18-13(9)10/h1-6,8H,7,16H2. The van der Waals surface area contributed by atoms with E-state index in [2.05, 4.69) is 9.97 Å². The monoisotopic (exact) mass is 378 g/mol. The third kappa shape index (κ3) is 2.26. The topological polar surface area (TPSA) is 73.8 Å². The third-order valence-electron chi connectivity index (χ3n) is 3.09. The van der Waals surface area contributed by atoms with Crippen molar-refractivity contribution in [1.29, 1.82) is 0 Å². The van der Waals surface area contributed by atoms with Crippen molar-refractivity contribution in [2.75, 3.05) is 5.73 Å². The minimum absolute atomic E-state index is 0.0542. The molecule has 0 aliphatic carbocycles. The molecule has 2 heterocycles. The van der Waals surface area contributed by atoms with Gasteiger partial charge in [0.2, 0.25) is 0 Å². The summed E-state index contributed by atoms with van der Waals surface area (Å²) >= 11 is 1.98. The fourth-order valence-corrected chi connectivity index (χ4v) is 2.57. The first-order valence-corrected chi connectivity index (χ1v) is 7.07. The summed E-state index contributed by atoms with van der Waals surface area (Å²) in [4.78, 5) is 20.5. The molecular formula is C14H11IN4O. The van der Waals surface area contributed by atoms with Gasteiger partial charge in [0.1, 0.15) is 0 Å². The molecule has 0 saturated carbocycles. The summed E-state index contributed by atoms with van der Waals surface area (Å²) in [6, 6.07) is 7.52. The van der Waals surface area contributed by atoms with E-state index < -0.39 is 0 Å². The number of benzene rings is 1. The van der Waals surface area contributed by atoms with Crippen LogP contribution in [0.5, 0.6) is 0 Å². The van der Waals surface area contributed by atoms with E-state index in [1.54, 1.807) is 17.0 Å². The molecule has 0 amide bonds. The van der Waals surface area contributed by atoms with Gasteiger partial charge in [-0.2, -0.15) is 0 Å². The lowest BCUT2D eigenvalue weighted by Gasteiger charge is -2.09. The molecule has 1 aromatic carbocycles. The van der Waals surface area contributed by atoms with Crippen molar-refractivity contribution in [1.82, 2.24) is 14.5 Å². The highest BCUT2D eigenvalue weighted by Crippen LogP contribution is 2.22. The smallest absolute Gasteiger partial charge is 0.267 e. The first kappa shape index (κ1) is 13.0. The Morgan fingerprint density at radius 2 is 2.15 bits per heavy atom. The zero-order chi connectivity index (χ0) is 14.1. The quantitative estimate of drug-likeness (QED) is 0.547. The molecule has 0 bridgehead atoms. The van der Waals surface area contributed by atoms with Gasteiger partial charge in [-0.05, 0) is 46.4 Å². The molecule has 0 saturated heterocycles. The van der Waals surface area contributed by atoms with E-state index in [0.29, 0.717) is 15.8 Å². The van der Waals surface area contributed by atoms with Crippen LogP contribution in [0.1, 0.15) is 5.56 Å². The van der Waals surface area contributed by atoms with Crippen molar-refractivity contribution < 1.29 is 0 Å². The van der Waals surface area contributed by atoms with Gasteiger partial charge >= 0.3 is 0 Å². The van der Waals surface area contributed by atoms with Gasteiger partial charge < -0.3 is 5.73 Å². The van der Waals surface area contributed by atoms with Crippen molar-refractivity contribution in [3.8, 4) is 0 Å². The predicted molar refractivity (Wildman–Crippen MR) is 86.5 cm³/mol. The summed E-state index contributed by atoms with van der Waals surface area (Å²) in [5.41, 5.74) is 8.34. The molecule has 6 heteroatoms. The lowest BCUT2D eigenvalue weighted by molar-refractivity contribution is 0.733. The highest BCUT2D eigenvalue weighted by molar-refractivity contribution is 14.1. The Bertz CT molecular complexity index is 844. The number of hydrogen-bond acceptors (Lipinski definition) is 4. The Balaban J connectivity index is 2.14. The van der Waals surface area contributed by atoms with Crippen LogP contribution >= 0.6 is 22.6 Å². The number of nitrogens with zero attached hydrogens (tertiary/aromatic N) is 3. The van der Waals surface area contributed by atoms with Crippen molar-refractivity contribution in [2.24, 2.45) is 0 Å². The van der Waals surface area contributed by atoms with Crippen LogP contribution in [0, 0.1) is 3.57 Å². The van der Waals surface area contributed by atoms with Gasteiger partial charge in [0.25, 0.3) is 5.56 Å². The van der Waals surface area contributed by atoms with Crippen LogP contribution in [0.4, 0.5) is 5.69 Å². The molecule has 2 aromatic heterocycles. The van der Waals surface area contributed by atoms with Crippen LogP contribution in [0.15, 0.2) is 47.8 Å². The van der Waals surface area contributed by atoms with Gasteiger partial charge in [0.15, 0.2) is 0 Å². The van der Waals surface area contributed by atoms with Crippen LogP contribution < -0.4 is 11.3 Å². The van der Waals surface area contributed by atoms with E-state index in [1.165, 1.54) is 6.33 Å². The van der Waals surface area contributed by atoms with Gasteiger partial charge in [-0.3, -0.25) is 14.3 Å². The van der Waals surface area contributed by atoms with E-state index in [0.717, 1.165) is 16.5 Å². The Hall–Kier alpha value is -1.96. The van der Waals surface area contributed by atoms with E-state index in [9.17, 15) is 4.79 Å². The average molecular weight is 378 g/mol. The van der Waals surface area contributed by atoms with E-state index in [-0.39, 0.29) is 5.56 Å². The number of fused-ring (bicyclic) bond motifs is 1. The minimum Gasteiger partial charge on any atom is -0.398 e. The normalized spacial score (nSPS) is 10.8. The fourth-order valence-electron chi connectivity index (χ4n) is 2.10. The lowest BCUT2D eigenvalue weighted by Crippen LogP contribution is -2.23. The molecule has 0 aliphatic heterocycles. The number of rotatable bonds is 2. The van der Waals surface area contributed by atoms with Gasteiger partial charge in [0, 0.05) is 23.5 Å².